The smallest absolute Gasteiger partial charge is 0.255 e. The molecule has 1 aliphatic rings. The lowest BCUT2D eigenvalue weighted by atomic mass is 10.0. The molecule has 1 heterocycles. The quantitative estimate of drug-likeness (QED) is 0.537. The summed E-state index contributed by atoms with van der Waals surface area (Å²) < 4.78 is 29.9. The molecule has 1 rings (SSSR count). The average molecular weight is 166 g/mol. The van der Waals surface area contributed by atoms with Crippen molar-refractivity contribution < 1.29 is 13.5 Å². The van der Waals surface area contributed by atoms with Crippen LogP contribution in [0.3, 0.4) is 0 Å². The van der Waals surface area contributed by atoms with Gasteiger partial charge in [0.1, 0.15) is 0 Å². The number of hydrogen-bond acceptors (Lipinski definition) is 1. The first-order chi connectivity index (χ1) is 5.13. The summed E-state index contributed by atoms with van der Waals surface area (Å²) in [5, 5.41) is 0. The zero-order chi connectivity index (χ0) is 8.91. The highest BCUT2D eigenvalue weighted by Gasteiger charge is 2.38. The summed E-state index contributed by atoms with van der Waals surface area (Å²) >= 11 is 0. The van der Waals surface area contributed by atoms with Crippen LogP contribution >= 0.6 is 0 Å². The zero-order valence-corrected chi connectivity index (χ0v) is 7.36. The maximum Gasteiger partial charge on any atom is 0.255 e. The Labute approximate surface area is 66.7 Å². The van der Waals surface area contributed by atoms with Gasteiger partial charge >= 0.3 is 0 Å². The Morgan fingerprint density at radius 2 is 1.91 bits per heavy atom. The Morgan fingerprint density at radius 1 is 1.36 bits per heavy atom. The van der Waals surface area contributed by atoms with E-state index in [1.165, 1.54) is 6.92 Å². The lowest BCUT2D eigenvalue weighted by Gasteiger charge is -2.28. The van der Waals surface area contributed by atoms with Crippen molar-refractivity contribution in [3.63, 3.8) is 0 Å². The van der Waals surface area contributed by atoms with Crippen LogP contribution in [-0.4, -0.2) is 19.1 Å². The Bertz CT molecular complexity index is 104. The van der Waals surface area contributed by atoms with Crippen LogP contribution in [0.15, 0.2) is 0 Å². The molecule has 68 valence electrons. The van der Waals surface area contributed by atoms with E-state index in [-0.39, 0.29) is 19.6 Å². The molecule has 1 nitrogen and oxygen atoms in total. The van der Waals surface area contributed by atoms with Crippen LogP contribution in [0.2, 0.25) is 0 Å². The fraction of sp³-hybridized carbons (Fsp3) is 1.00. The lowest BCUT2D eigenvalue weighted by molar-refractivity contribution is -0.134. The SMILES string of the molecule is CC.CC1COCCC1(F)F. The minimum absolute atomic E-state index is 0.117. The number of rotatable bonds is 0. The van der Waals surface area contributed by atoms with E-state index in [9.17, 15) is 8.78 Å². The van der Waals surface area contributed by atoms with E-state index in [0.29, 0.717) is 0 Å². The summed E-state index contributed by atoms with van der Waals surface area (Å²) in [5.41, 5.74) is 0. The van der Waals surface area contributed by atoms with Gasteiger partial charge in [-0.2, -0.15) is 0 Å². The van der Waals surface area contributed by atoms with E-state index in [2.05, 4.69) is 0 Å². The molecule has 1 unspecified atom stereocenters. The van der Waals surface area contributed by atoms with Crippen molar-refractivity contribution in [1.29, 1.82) is 0 Å². The minimum atomic E-state index is -2.49. The number of hydrogen-bond donors (Lipinski definition) is 0. The summed E-state index contributed by atoms with van der Waals surface area (Å²) in [5.74, 6) is -3.09. The normalized spacial score (nSPS) is 28.6. The van der Waals surface area contributed by atoms with Crippen molar-refractivity contribution in [2.45, 2.75) is 33.1 Å². The van der Waals surface area contributed by atoms with Crippen molar-refractivity contribution in [2.75, 3.05) is 13.2 Å². The molecule has 0 radical (unpaired) electrons. The highest BCUT2D eigenvalue weighted by Crippen LogP contribution is 2.31. The topological polar surface area (TPSA) is 9.23 Å². The van der Waals surface area contributed by atoms with E-state index in [1.807, 2.05) is 13.8 Å². The van der Waals surface area contributed by atoms with Crippen molar-refractivity contribution in [3.05, 3.63) is 0 Å². The van der Waals surface area contributed by atoms with Crippen LogP contribution in [0.4, 0.5) is 8.78 Å². The van der Waals surface area contributed by atoms with Crippen molar-refractivity contribution in [1.82, 2.24) is 0 Å². The molecular formula is C8H16F2O. The predicted octanol–water partition coefficient (Wildman–Crippen LogP) is 2.70. The summed E-state index contributed by atoms with van der Waals surface area (Å²) in [6.45, 7) is 5.92. The predicted molar refractivity (Wildman–Crippen MR) is 40.9 cm³/mol. The number of halogens is 2. The van der Waals surface area contributed by atoms with Crippen molar-refractivity contribution in [3.8, 4) is 0 Å². The molecule has 0 aromatic rings. The van der Waals surface area contributed by atoms with Gasteiger partial charge in [-0.15, -0.1) is 0 Å². The lowest BCUT2D eigenvalue weighted by Crippen LogP contribution is -2.35. The maximum atomic E-state index is 12.5. The van der Waals surface area contributed by atoms with Crippen molar-refractivity contribution >= 4 is 0 Å². The van der Waals surface area contributed by atoms with E-state index >= 15 is 0 Å². The standard InChI is InChI=1S/C6H10F2O.C2H6/c1-5-4-9-3-2-6(5,7)8;1-2/h5H,2-4H2,1H3;1-2H3. The van der Waals surface area contributed by atoms with Gasteiger partial charge in [-0.3, -0.25) is 0 Å². The minimum Gasteiger partial charge on any atom is -0.381 e. The monoisotopic (exact) mass is 166 g/mol. The third-order valence-corrected chi connectivity index (χ3v) is 1.67. The molecule has 0 saturated carbocycles. The second-order valence-corrected chi connectivity index (χ2v) is 2.49. The molecule has 0 aliphatic carbocycles. The third kappa shape index (κ3) is 3.14. The summed E-state index contributed by atoms with van der Waals surface area (Å²) in [6.07, 6.45) is -0.117. The average Bonchev–Trinajstić information content (AvgIpc) is 2.00. The Hall–Kier alpha value is -0.180. The van der Waals surface area contributed by atoms with Gasteiger partial charge in [-0.25, -0.2) is 8.78 Å². The van der Waals surface area contributed by atoms with Gasteiger partial charge in [-0.1, -0.05) is 20.8 Å². The fourth-order valence-corrected chi connectivity index (χ4v) is 0.837. The highest BCUT2D eigenvalue weighted by atomic mass is 19.3. The molecule has 0 aromatic carbocycles. The first kappa shape index (κ1) is 10.8. The fourth-order valence-electron chi connectivity index (χ4n) is 0.837. The van der Waals surface area contributed by atoms with Crippen LogP contribution in [0.25, 0.3) is 0 Å². The highest BCUT2D eigenvalue weighted by molar-refractivity contribution is 4.76. The molecule has 3 heteroatoms. The second kappa shape index (κ2) is 4.65. The van der Waals surface area contributed by atoms with E-state index < -0.39 is 11.8 Å². The number of alkyl halides is 2. The van der Waals surface area contributed by atoms with Gasteiger partial charge in [0.25, 0.3) is 5.92 Å². The van der Waals surface area contributed by atoms with Crippen LogP contribution in [0.5, 0.6) is 0 Å². The summed E-state index contributed by atoms with van der Waals surface area (Å²) in [7, 11) is 0. The molecule has 11 heavy (non-hydrogen) atoms. The first-order valence-electron chi connectivity index (χ1n) is 4.08. The maximum absolute atomic E-state index is 12.5. The van der Waals surface area contributed by atoms with Crippen molar-refractivity contribution in [2.24, 2.45) is 5.92 Å². The molecule has 1 aliphatic heterocycles. The molecule has 1 atom stereocenters. The van der Waals surface area contributed by atoms with Crippen LogP contribution in [0.1, 0.15) is 27.2 Å². The molecule has 0 N–H and O–H groups in total. The summed E-state index contributed by atoms with van der Waals surface area (Å²) in [4.78, 5) is 0. The van der Waals surface area contributed by atoms with Gasteiger partial charge in [0, 0.05) is 12.3 Å². The zero-order valence-electron chi connectivity index (χ0n) is 7.36. The van der Waals surface area contributed by atoms with Crippen LogP contribution in [-0.2, 0) is 4.74 Å². The van der Waals surface area contributed by atoms with E-state index in [0.717, 1.165) is 0 Å². The molecular weight excluding hydrogens is 150 g/mol. The first-order valence-corrected chi connectivity index (χ1v) is 4.08. The molecule has 0 amide bonds. The van der Waals surface area contributed by atoms with Gasteiger partial charge in [0.05, 0.1) is 13.2 Å². The molecule has 1 fully saturated rings. The van der Waals surface area contributed by atoms with E-state index in [1.54, 1.807) is 0 Å². The Kier molecular flexibility index (Phi) is 4.57. The van der Waals surface area contributed by atoms with Crippen LogP contribution in [0, 0.1) is 5.92 Å². The molecule has 0 aromatic heterocycles. The summed E-state index contributed by atoms with van der Waals surface area (Å²) in [6, 6.07) is 0. The number of ether oxygens (including phenoxy) is 1. The molecule has 1 saturated heterocycles. The Balaban J connectivity index is 0.000000461. The van der Waals surface area contributed by atoms with Crippen LogP contribution < -0.4 is 0 Å². The van der Waals surface area contributed by atoms with Gasteiger partial charge < -0.3 is 4.74 Å². The van der Waals surface area contributed by atoms with Gasteiger partial charge in [0.2, 0.25) is 0 Å². The Morgan fingerprint density at radius 3 is 2.18 bits per heavy atom. The van der Waals surface area contributed by atoms with E-state index in [4.69, 9.17) is 4.74 Å². The molecule has 0 spiro atoms. The van der Waals surface area contributed by atoms with Gasteiger partial charge in [-0.05, 0) is 0 Å². The third-order valence-electron chi connectivity index (χ3n) is 1.67. The largest absolute Gasteiger partial charge is 0.381 e. The second-order valence-electron chi connectivity index (χ2n) is 2.49. The molecule has 0 bridgehead atoms. The van der Waals surface area contributed by atoms with Gasteiger partial charge in [0.15, 0.2) is 0 Å².